The van der Waals surface area contributed by atoms with Gasteiger partial charge in [-0.2, -0.15) is 0 Å². The summed E-state index contributed by atoms with van der Waals surface area (Å²) in [6.07, 6.45) is 5.78. The normalized spacial score (nSPS) is 12.3. The average Bonchev–Trinajstić information content (AvgIpc) is 3.77. The van der Waals surface area contributed by atoms with Crippen molar-refractivity contribution in [2.75, 3.05) is 7.05 Å². The van der Waals surface area contributed by atoms with Gasteiger partial charge in [-0.25, -0.2) is 0 Å². The van der Waals surface area contributed by atoms with E-state index in [2.05, 4.69) is 89.4 Å². The van der Waals surface area contributed by atoms with Crippen molar-refractivity contribution >= 4 is 33.5 Å². The number of para-hydroxylation sites is 3. The van der Waals surface area contributed by atoms with Gasteiger partial charge in [-0.1, -0.05) is 81.9 Å². The van der Waals surface area contributed by atoms with Crippen LogP contribution in [0.25, 0.3) is 49.9 Å². The zero-order valence-corrected chi connectivity index (χ0v) is 27.8. The summed E-state index contributed by atoms with van der Waals surface area (Å²) in [6.45, 7) is 0. The van der Waals surface area contributed by atoms with Crippen molar-refractivity contribution in [3.05, 3.63) is 176 Å². The van der Waals surface area contributed by atoms with Crippen LogP contribution in [0.15, 0.2) is 176 Å². The van der Waals surface area contributed by atoms with Gasteiger partial charge in [0.05, 0.1) is 28.5 Å². The molecule has 1 aliphatic rings. The Labute approximate surface area is 295 Å². The third-order valence-electron chi connectivity index (χ3n) is 8.97. The van der Waals surface area contributed by atoms with Crippen molar-refractivity contribution in [3.63, 3.8) is 0 Å². The fourth-order valence-corrected chi connectivity index (χ4v) is 6.63. The van der Waals surface area contributed by atoms with Crippen LogP contribution in [-0.4, -0.2) is 31.8 Å². The van der Waals surface area contributed by atoms with Gasteiger partial charge in [-0.15, -0.1) is 0 Å². The van der Waals surface area contributed by atoms with Crippen LogP contribution in [0.5, 0.6) is 23.0 Å². The molecule has 0 N–H and O–H groups in total. The lowest BCUT2D eigenvalue weighted by molar-refractivity contribution is -0.429. The summed E-state index contributed by atoms with van der Waals surface area (Å²) in [7, 11) is 1.95. The molecular weight excluding hydrogens is 629 g/mol. The maximum absolute atomic E-state index is 6.48. The molecule has 51 heavy (non-hydrogen) atoms. The van der Waals surface area contributed by atoms with Gasteiger partial charge in [-0.05, 0) is 77.9 Å². The number of nitrogens with zero attached hydrogens (tertiary/aromatic N) is 4. The van der Waals surface area contributed by atoms with Gasteiger partial charge in [0.15, 0.2) is 7.05 Å². The second-order valence-electron chi connectivity index (χ2n) is 12.4. The van der Waals surface area contributed by atoms with Crippen molar-refractivity contribution in [2.24, 2.45) is 0 Å². The highest BCUT2D eigenvalue weighted by Crippen LogP contribution is 2.37. The minimum Gasteiger partial charge on any atom is -0.457 e. The molecule has 0 bridgehead atoms. The van der Waals surface area contributed by atoms with Gasteiger partial charge >= 0.3 is 6.01 Å². The zero-order chi connectivity index (χ0) is 34.1. The van der Waals surface area contributed by atoms with Crippen molar-refractivity contribution in [3.8, 4) is 51.1 Å². The summed E-state index contributed by atoms with van der Waals surface area (Å²) in [6, 6.07) is 56.9. The molecule has 0 amide bonds. The predicted octanol–water partition coefficient (Wildman–Crippen LogP) is 11.0. The molecule has 242 valence electrons. The van der Waals surface area contributed by atoms with Crippen molar-refractivity contribution < 1.29 is 18.6 Å². The molecule has 0 fully saturated rings. The monoisotopic (exact) mass is 660 g/mol. The first-order valence-corrected chi connectivity index (χ1v) is 16.8. The third kappa shape index (κ3) is 5.97. The van der Waals surface area contributed by atoms with Crippen LogP contribution < -0.4 is 9.47 Å². The first kappa shape index (κ1) is 30.1. The van der Waals surface area contributed by atoms with Gasteiger partial charge in [0.2, 0.25) is 11.9 Å². The van der Waals surface area contributed by atoms with E-state index >= 15 is 0 Å². The summed E-state index contributed by atoms with van der Waals surface area (Å²) in [5.41, 5.74) is 8.10. The Morgan fingerprint density at radius 1 is 0.529 bits per heavy atom. The molecule has 0 saturated heterocycles. The lowest BCUT2D eigenvalue weighted by Gasteiger charge is -2.15. The average molecular weight is 661 g/mol. The first-order chi connectivity index (χ1) is 25.1. The van der Waals surface area contributed by atoms with E-state index < -0.39 is 0 Å². The van der Waals surface area contributed by atoms with Crippen LogP contribution in [0.3, 0.4) is 0 Å². The number of rotatable bonds is 8. The molecule has 6 heteroatoms. The fourth-order valence-electron chi connectivity index (χ4n) is 6.63. The van der Waals surface area contributed by atoms with E-state index in [-0.39, 0.29) is 0 Å². The Morgan fingerprint density at radius 3 is 1.96 bits per heavy atom. The van der Waals surface area contributed by atoms with Gasteiger partial charge in [0.25, 0.3) is 6.20 Å². The van der Waals surface area contributed by atoms with Crippen molar-refractivity contribution in [2.45, 2.75) is 0 Å². The second kappa shape index (κ2) is 12.8. The molecular formula is C45H32N4O2+2. The van der Waals surface area contributed by atoms with Gasteiger partial charge in [0, 0.05) is 34.7 Å². The maximum Gasteiger partial charge on any atom is 0.495 e. The Balaban J connectivity index is 1.10. The first-order valence-electron chi connectivity index (χ1n) is 16.8. The summed E-state index contributed by atoms with van der Waals surface area (Å²) < 4.78 is 19.0. The van der Waals surface area contributed by atoms with E-state index in [4.69, 9.17) is 14.5 Å². The van der Waals surface area contributed by atoms with E-state index in [1.807, 2.05) is 114 Å². The molecule has 2 aromatic heterocycles. The lowest BCUT2D eigenvalue weighted by Crippen LogP contribution is -1.96. The number of ether oxygens (including phenoxy) is 2. The molecule has 6 nitrogen and oxygen atoms in total. The Bertz CT molecular complexity index is 2650. The second-order valence-corrected chi connectivity index (χ2v) is 12.4. The van der Waals surface area contributed by atoms with Crippen LogP contribution in [0.4, 0.5) is 5.69 Å². The Hall–Kier alpha value is -7.01. The molecule has 0 unspecified atom stereocenters. The fraction of sp³-hybridized carbons (Fsp3) is 0.0222. The summed E-state index contributed by atoms with van der Waals surface area (Å²) in [5.74, 6) is 2.99. The highest BCUT2D eigenvalue weighted by atomic mass is 16.5. The maximum atomic E-state index is 6.48. The number of aromatic nitrogens is 2. The van der Waals surface area contributed by atoms with E-state index in [0.717, 1.165) is 67.8 Å². The van der Waals surface area contributed by atoms with E-state index in [1.54, 1.807) is 0 Å². The number of fused-ring (bicyclic) bond motifs is 3. The molecule has 0 saturated carbocycles. The largest absolute Gasteiger partial charge is 0.495 e. The molecule has 1 aliphatic heterocycles. The SMILES string of the molecule is C[N+]1=C=[N+](c2cccc(Oc3cccc(-c4cc(-c5cc(Oc6ccccc6)cc(-n6c7ccccc7c7ccccc76)c5)ccn4)c3)c2)C=C1. The van der Waals surface area contributed by atoms with E-state index in [1.165, 1.54) is 10.8 Å². The molecule has 0 atom stereocenters. The van der Waals surface area contributed by atoms with Gasteiger partial charge in [0.1, 0.15) is 23.0 Å². The van der Waals surface area contributed by atoms with Crippen LogP contribution in [-0.2, 0) is 0 Å². The Kier molecular flexibility index (Phi) is 7.54. The topological polar surface area (TPSA) is 42.3 Å². The summed E-state index contributed by atoms with van der Waals surface area (Å²) in [4.78, 5) is 4.78. The zero-order valence-electron chi connectivity index (χ0n) is 27.8. The molecule has 8 aromatic rings. The third-order valence-corrected chi connectivity index (χ3v) is 8.97. The Morgan fingerprint density at radius 2 is 1.20 bits per heavy atom. The number of hydrogen-bond acceptors (Lipinski definition) is 3. The highest BCUT2D eigenvalue weighted by molar-refractivity contribution is 6.09. The lowest BCUT2D eigenvalue weighted by atomic mass is 10.0. The van der Waals surface area contributed by atoms with E-state index in [9.17, 15) is 0 Å². The van der Waals surface area contributed by atoms with Crippen molar-refractivity contribution in [1.29, 1.82) is 0 Å². The van der Waals surface area contributed by atoms with Crippen LogP contribution in [0, 0.1) is 0 Å². The van der Waals surface area contributed by atoms with Crippen LogP contribution >= 0.6 is 0 Å². The van der Waals surface area contributed by atoms with Crippen LogP contribution in [0.1, 0.15) is 0 Å². The van der Waals surface area contributed by atoms with Crippen molar-refractivity contribution in [1.82, 2.24) is 9.55 Å². The summed E-state index contributed by atoms with van der Waals surface area (Å²) >= 11 is 0. The minimum atomic E-state index is 0.728. The number of benzene rings is 6. The highest BCUT2D eigenvalue weighted by Gasteiger charge is 2.18. The molecule has 0 spiro atoms. The molecule has 0 radical (unpaired) electrons. The van der Waals surface area contributed by atoms with E-state index in [0.29, 0.717) is 0 Å². The minimum absolute atomic E-state index is 0.728. The molecule has 3 heterocycles. The van der Waals surface area contributed by atoms with Gasteiger partial charge < -0.3 is 14.0 Å². The van der Waals surface area contributed by atoms with Gasteiger partial charge in [-0.3, -0.25) is 4.98 Å². The van der Waals surface area contributed by atoms with Crippen LogP contribution in [0.2, 0.25) is 0 Å². The quantitative estimate of drug-likeness (QED) is 0.152. The molecule has 9 rings (SSSR count). The summed E-state index contributed by atoms with van der Waals surface area (Å²) in [5, 5.41) is 2.42. The number of hydrogen-bond donors (Lipinski definition) is 0. The molecule has 0 aliphatic carbocycles. The molecule has 6 aromatic carbocycles. The number of pyridine rings is 1. The predicted molar refractivity (Wildman–Crippen MR) is 203 cm³/mol. The standard InChI is InChI=1S/C45H32N4O2/c1-47-23-24-48(31-47)35-12-10-16-39(29-35)51-38-15-9-11-33(26-38)43-28-32(21-22-46-43)34-25-36(30-40(27-34)50-37-13-3-2-4-14-37)49-44-19-7-5-17-41(44)42-18-6-8-20-45(42)49/h2-30H,1H3/q+2. The smallest absolute Gasteiger partial charge is 0.457 e.